The van der Waals surface area contributed by atoms with Crippen LogP contribution in [-0.2, 0) is 9.47 Å². The molecule has 0 aliphatic carbocycles. The molecule has 2 rings (SSSR count). The van der Waals surface area contributed by atoms with Gasteiger partial charge in [0.15, 0.2) is 0 Å². The third kappa shape index (κ3) is 4.41. The molecule has 1 aromatic rings. The minimum Gasteiger partial charge on any atom is -0.385 e. The molecule has 0 unspecified atom stereocenters. The van der Waals surface area contributed by atoms with Gasteiger partial charge in [-0.15, -0.1) is 0 Å². The van der Waals surface area contributed by atoms with E-state index < -0.39 is 0 Å². The second-order valence-electron chi connectivity index (χ2n) is 5.08. The standard InChI is InChI=1S/C15H23N3O3/c1-17(6-3-9-20-2)15(19)13-4-5-14(16-12-13)18-7-10-21-11-8-18/h4-5,12H,3,6-11H2,1-2H3. The Bertz CT molecular complexity index is 444. The number of carbonyl (C=O) groups excluding carboxylic acids is 1. The molecule has 1 aliphatic rings. The predicted octanol–water partition coefficient (Wildman–Crippen LogP) is 1.03. The number of anilines is 1. The highest BCUT2D eigenvalue weighted by Crippen LogP contribution is 2.14. The van der Waals surface area contributed by atoms with Gasteiger partial charge in [0.05, 0.1) is 18.8 Å². The summed E-state index contributed by atoms with van der Waals surface area (Å²) in [7, 11) is 3.46. The molecule has 0 N–H and O–H groups in total. The number of aromatic nitrogens is 1. The van der Waals surface area contributed by atoms with Gasteiger partial charge in [0.25, 0.3) is 5.91 Å². The van der Waals surface area contributed by atoms with Crippen LogP contribution in [0.1, 0.15) is 16.8 Å². The summed E-state index contributed by atoms with van der Waals surface area (Å²) in [6, 6.07) is 3.74. The van der Waals surface area contributed by atoms with E-state index in [4.69, 9.17) is 9.47 Å². The molecule has 6 heteroatoms. The van der Waals surface area contributed by atoms with Crippen molar-refractivity contribution in [3.63, 3.8) is 0 Å². The van der Waals surface area contributed by atoms with Crippen molar-refractivity contribution in [2.75, 3.05) is 58.5 Å². The molecule has 1 aromatic heterocycles. The number of nitrogens with zero attached hydrogens (tertiary/aromatic N) is 3. The molecular weight excluding hydrogens is 270 g/mol. The largest absolute Gasteiger partial charge is 0.385 e. The fourth-order valence-corrected chi connectivity index (χ4v) is 2.26. The first kappa shape index (κ1) is 15.7. The first-order valence-corrected chi connectivity index (χ1v) is 7.25. The molecule has 0 aromatic carbocycles. The molecule has 0 bridgehead atoms. The fourth-order valence-electron chi connectivity index (χ4n) is 2.26. The van der Waals surface area contributed by atoms with Crippen molar-refractivity contribution < 1.29 is 14.3 Å². The van der Waals surface area contributed by atoms with E-state index in [1.165, 1.54) is 0 Å². The molecule has 1 aliphatic heterocycles. The highest BCUT2D eigenvalue weighted by Gasteiger charge is 2.15. The van der Waals surface area contributed by atoms with Crippen LogP contribution in [0.3, 0.4) is 0 Å². The molecule has 6 nitrogen and oxygen atoms in total. The number of carbonyl (C=O) groups is 1. The number of morpholine rings is 1. The minimum atomic E-state index is -0.00729. The second kappa shape index (κ2) is 7.95. The monoisotopic (exact) mass is 293 g/mol. The summed E-state index contributed by atoms with van der Waals surface area (Å²) in [5.74, 6) is 0.893. The highest BCUT2D eigenvalue weighted by molar-refractivity contribution is 5.93. The van der Waals surface area contributed by atoms with Gasteiger partial charge in [0, 0.05) is 46.6 Å². The number of hydrogen-bond acceptors (Lipinski definition) is 5. The van der Waals surface area contributed by atoms with Gasteiger partial charge in [-0.05, 0) is 18.6 Å². The second-order valence-corrected chi connectivity index (χ2v) is 5.08. The summed E-state index contributed by atoms with van der Waals surface area (Å²) < 4.78 is 10.3. The molecule has 1 amide bonds. The Hall–Kier alpha value is -1.66. The van der Waals surface area contributed by atoms with Crippen LogP contribution >= 0.6 is 0 Å². The molecular formula is C15H23N3O3. The molecule has 1 saturated heterocycles. The number of amides is 1. The SMILES string of the molecule is COCCCN(C)C(=O)c1ccc(N2CCOCC2)nc1. The van der Waals surface area contributed by atoms with E-state index >= 15 is 0 Å². The highest BCUT2D eigenvalue weighted by atomic mass is 16.5. The lowest BCUT2D eigenvalue weighted by molar-refractivity contribution is 0.0779. The van der Waals surface area contributed by atoms with E-state index in [1.807, 2.05) is 12.1 Å². The Morgan fingerprint density at radius 2 is 2.19 bits per heavy atom. The Balaban J connectivity index is 1.92. The summed E-state index contributed by atoms with van der Waals surface area (Å²) in [4.78, 5) is 20.5. The Morgan fingerprint density at radius 1 is 1.43 bits per heavy atom. The quantitative estimate of drug-likeness (QED) is 0.733. The molecule has 0 saturated carbocycles. The Labute approximate surface area is 125 Å². The van der Waals surface area contributed by atoms with Gasteiger partial charge in [0.1, 0.15) is 5.82 Å². The van der Waals surface area contributed by atoms with Crippen molar-refractivity contribution in [1.82, 2.24) is 9.88 Å². The Morgan fingerprint density at radius 3 is 2.81 bits per heavy atom. The first-order chi connectivity index (χ1) is 10.2. The van der Waals surface area contributed by atoms with Crippen LogP contribution in [0.5, 0.6) is 0 Å². The van der Waals surface area contributed by atoms with Gasteiger partial charge in [-0.2, -0.15) is 0 Å². The number of ether oxygens (including phenoxy) is 2. The van der Waals surface area contributed by atoms with E-state index in [-0.39, 0.29) is 5.91 Å². The number of hydrogen-bond donors (Lipinski definition) is 0. The third-order valence-electron chi connectivity index (χ3n) is 3.52. The fraction of sp³-hybridized carbons (Fsp3) is 0.600. The predicted molar refractivity (Wildman–Crippen MR) is 80.7 cm³/mol. The van der Waals surface area contributed by atoms with Crippen molar-refractivity contribution in [2.24, 2.45) is 0 Å². The normalized spacial score (nSPS) is 15.0. The lowest BCUT2D eigenvalue weighted by atomic mass is 10.2. The van der Waals surface area contributed by atoms with Crippen LogP contribution in [0.4, 0.5) is 5.82 Å². The number of methoxy groups -OCH3 is 1. The van der Waals surface area contributed by atoms with Crippen LogP contribution in [0.25, 0.3) is 0 Å². The molecule has 116 valence electrons. The van der Waals surface area contributed by atoms with Crippen molar-refractivity contribution >= 4 is 11.7 Å². The van der Waals surface area contributed by atoms with Crippen LogP contribution in [0.2, 0.25) is 0 Å². The molecule has 1 fully saturated rings. The maximum atomic E-state index is 12.2. The van der Waals surface area contributed by atoms with Gasteiger partial charge in [-0.1, -0.05) is 0 Å². The Kier molecular flexibility index (Phi) is 5.95. The molecule has 0 radical (unpaired) electrons. The van der Waals surface area contributed by atoms with Crippen LogP contribution < -0.4 is 4.90 Å². The molecule has 2 heterocycles. The zero-order valence-electron chi connectivity index (χ0n) is 12.7. The van der Waals surface area contributed by atoms with Crippen LogP contribution in [-0.4, -0.2) is 69.4 Å². The summed E-state index contributed by atoms with van der Waals surface area (Å²) in [6.07, 6.45) is 2.48. The van der Waals surface area contributed by atoms with Gasteiger partial charge in [-0.25, -0.2) is 4.98 Å². The van der Waals surface area contributed by atoms with Crippen LogP contribution in [0.15, 0.2) is 18.3 Å². The average Bonchev–Trinajstić information content (AvgIpc) is 2.55. The minimum absolute atomic E-state index is 0.00729. The topological polar surface area (TPSA) is 54.9 Å². The third-order valence-corrected chi connectivity index (χ3v) is 3.52. The van der Waals surface area contributed by atoms with Crippen molar-refractivity contribution in [1.29, 1.82) is 0 Å². The molecule has 21 heavy (non-hydrogen) atoms. The van der Waals surface area contributed by atoms with E-state index in [0.29, 0.717) is 18.7 Å². The molecule has 0 atom stereocenters. The van der Waals surface area contributed by atoms with Crippen LogP contribution in [0, 0.1) is 0 Å². The van der Waals surface area contributed by atoms with Crippen molar-refractivity contribution in [3.8, 4) is 0 Å². The van der Waals surface area contributed by atoms with E-state index in [9.17, 15) is 4.79 Å². The number of pyridine rings is 1. The van der Waals surface area contributed by atoms with E-state index in [0.717, 1.165) is 38.5 Å². The first-order valence-electron chi connectivity index (χ1n) is 7.25. The smallest absolute Gasteiger partial charge is 0.255 e. The summed E-state index contributed by atoms with van der Waals surface area (Å²) >= 11 is 0. The van der Waals surface area contributed by atoms with Gasteiger partial charge >= 0.3 is 0 Å². The maximum Gasteiger partial charge on any atom is 0.255 e. The van der Waals surface area contributed by atoms with Gasteiger partial charge in [-0.3, -0.25) is 4.79 Å². The lowest BCUT2D eigenvalue weighted by Gasteiger charge is -2.27. The van der Waals surface area contributed by atoms with Gasteiger partial charge in [0.2, 0.25) is 0 Å². The van der Waals surface area contributed by atoms with E-state index in [2.05, 4.69) is 9.88 Å². The summed E-state index contributed by atoms with van der Waals surface area (Å²) in [5, 5.41) is 0. The van der Waals surface area contributed by atoms with Crippen molar-refractivity contribution in [3.05, 3.63) is 23.9 Å². The van der Waals surface area contributed by atoms with Gasteiger partial charge < -0.3 is 19.3 Å². The number of rotatable bonds is 6. The zero-order chi connectivity index (χ0) is 15.1. The van der Waals surface area contributed by atoms with Crippen molar-refractivity contribution in [2.45, 2.75) is 6.42 Å². The zero-order valence-corrected chi connectivity index (χ0v) is 12.7. The molecule has 0 spiro atoms. The summed E-state index contributed by atoms with van der Waals surface area (Å²) in [5.41, 5.74) is 0.618. The lowest BCUT2D eigenvalue weighted by Crippen LogP contribution is -2.36. The summed E-state index contributed by atoms with van der Waals surface area (Å²) in [6.45, 7) is 4.48. The maximum absolute atomic E-state index is 12.2. The average molecular weight is 293 g/mol. The van der Waals surface area contributed by atoms with E-state index in [1.54, 1.807) is 25.3 Å².